The Morgan fingerprint density at radius 2 is 1.70 bits per heavy atom. The molecule has 12 heteroatoms. The molecule has 2 aromatic carbocycles. The Balaban J connectivity index is 1.32. The van der Waals surface area contributed by atoms with Crippen LogP contribution in [-0.2, 0) is 14.4 Å². The van der Waals surface area contributed by atoms with Crippen LogP contribution in [0, 0.1) is 11.7 Å². The Bertz CT molecular complexity index is 1610. The van der Waals surface area contributed by atoms with Gasteiger partial charge in [-0.3, -0.25) is 19.4 Å². The van der Waals surface area contributed by atoms with E-state index in [1.807, 2.05) is 12.1 Å². The van der Waals surface area contributed by atoms with Crippen molar-refractivity contribution in [3.05, 3.63) is 96.7 Å². The summed E-state index contributed by atoms with van der Waals surface area (Å²) in [5.74, 6) is -5.45. The molecule has 4 aromatic rings. The van der Waals surface area contributed by atoms with Gasteiger partial charge in [0.15, 0.2) is 11.6 Å². The highest BCUT2D eigenvalue weighted by atomic mass is 19.1. The Hall–Kier alpha value is -5.36. The van der Waals surface area contributed by atoms with E-state index in [1.54, 1.807) is 48.8 Å². The van der Waals surface area contributed by atoms with Crippen molar-refractivity contribution in [2.45, 2.75) is 5.92 Å². The fraction of sp³-hybridized carbons (Fsp3) is 0.194. The smallest absolute Gasteiger partial charge is 0.238 e. The maximum atomic E-state index is 15.2. The summed E-state index contributed by atoms with van der Waals surface area (Å²) in [5.41, 5.74) is 12.8. The lowest BCUT2D eigenvalue weighted by Crippen LogP contribution is -2.43. The van der Waals surface area contributed by atoms with Gasteiger partial charge in [-0.15, -0.1) is 0 Å². The fourth-order valence-corrected chi connectivity index (χ4v) is 4.94. The maximum Gasteiger partial charge on any atom is 0.238 e. The van der Waals surface area contributed by atoms with Crippen molar-refractivity contribution < 1.29 is 23.5 Å². The van der Waals surface area contributed by atoms with Crippen molar-refractivity contribution in [1.29, 1.82) is 0 Å². The van der Waals surface area contributed by atoms with Crippen molar-refractivity contribution in [3.8, 4) is 22.6 Å². The van der Waals surface area contributed by atoms with Gasteiger partial charge in [-0.05, 0) is 35.9 Å². The van der Waals surface area contributed by atoms with E-state index < -0.39 is 35.4 Å². The lowest BCUT2D eigenvalue weighted by molar-refractivity contribution is -0.135. The third-order valence-corrected chi connectivity index (χ3v) is 7.09. The van der Waals surface area contributed by atoms with E-state index in [9.17, 15) is 14.4 Å². The van der Waals surface area contributed by atoms with Crippen LogP contribution in [0.1, 0.15) is 11.5 Å². The number of piperazine rings is 1. The number of aromatic nitrogens is 2. The van der Waals surface area contributed by atoms with E-state index in [2.05, 4.69) is 25.5 Å². The number of benzene rings is 2. The van der Waals surface area contributed by atoms with Gasteiger partial charge in [0.2, 0.25) is 17.7 Å². The van der Waals surface area contributed by atoms with Gasteiger partial charge in [0.25, 0.3) is 0 Å². The fourth-order valence-electron chi connectivity index (χ4n) is 4.94. The van der Waals surface area contributed by atoms with Crippen molar-refractivity contribution in [2.24, 2.45) is 17.4 Å². The SMILES string of the molecule is NC(=O)C(C(=O)Nc1ccc(Oc2ccncc2-c2ccc(N3CCNCC3)nc2)c(F)c1)[C@@H](C(N)=O)c1ccccc1. The number of ether oxygens (including phenoxy) is 1. The first-order valence-corrected chi connectivity index (χ1v) is 13.6. The normalized spacial score (nSPS) is 14.4. The van der Waals surface area contributed by atoms with E-state index in [0.717, 1.165) is 43.6 Å². The predicted molar refractivity (Wildman–Crippen MR) is 159 cm³/mol. The zero-order chi connectivity index (χ0) is 30.3. The molecule has 11 nitrogen and oxygen atoms in total. The topological polar surface area (TPSA) is 166 Å². The molecule has 1 unspecified atom stereocenters. The largest absolute Gasteiger partial charge is 0.454 e. The molecule has 0 bridgehead atoms. The molecule has 1 aliphatic heterocycles. The number of nitrogens with zero attached hydrogens (tertiary/aromatic N) is 3. The van der Waals surface area contributed by atoms with Crippen LogP contribution in [-0.4, -0.2) is 53.9 Å². The molecule has 1 saturated heterocycles. The second-order valence-corrected chi connectivity index (χ2v) is 9.92. The molecule has 2 atom stereocenters. The van der Waals surface area contributed by atoms with E-state index in [-0.39, 0.29) is 11.4 Å². The lowest BCUT2D eigenvalue weighted by Gasteiger charge is -2.28. The number of carbonyl (C=O) groups excluding carboxylic acids is 3. The van der Waals surface area contributed by atoms with E-state index in [4.69, 9.17) is 16.2 Å². The molecule has 3 amide bonds. The highest BCUT2D eigenvalue weighted by Gasteiger charge is 2.38. The third kappa shape index (κ3) is 6.76. The summed E-state index contributed by atoms with van der Waals surface area (Å²) in [6.07, 6.45) is 4.86. The zero-order valence-corrected chi connectivity index (χ0v) is 23.1. The van der Waals surface area contributed by atoms with Gasteiger partial charge in [-0.25, -0.2) is 9.37 Å². The minimum atomic E-state index is -1.62. The summed E-state index contributed by atoms with van der Waals surface area (Å²) >= 11 is 0. The quantitative estimate of drug-likeness (QED) is 0.207. The Labute approximate surface area is 247 Å². The third-order valence-electron chi connectivity index (χ3n) is 7.09. The summed E-state index contributed by atoms with van der Waals surface area (Å²) in [6, 6.07) is 17.3. The molecule has 5 rings (SSSR count). The first kappa shape index (κ1) is 29.1. The van der Waals surface area contributed by atoms with Crippen molar-refractivity contribution in [3.63, 3.8) is 0 Å². The second kappa shape index (κ2) is 13.1. The molecule has 0 spiro atoms. The highest BCUT2D eigenvalue weighted by Crippen LogP contribution is 2.35. The average molecular weight is 584 g/mol. The summed E-state index contributed by atoms with van der Waals surface area (Å²) in [4.78, 5) is 48.6. The molecule has 0 radical (unpaired) electrons. The van der Waals surface area contributed by atoms with Gasteiger partial charge < -0.3 is 31.7 Å². The van der Waals surface area contributed by atoms with Gasteiger partial charge in [-0.2, -0.15) is 0 Å². The van der Waals surface area contributed by atoms with Crippen LogP contribution in [0.15, 0.2) is 85.3 Å². The van der Waals surface area contributed by atoms with Crippen LogP contribution in [0.5, 0.6) is 11.5 Å². The minimum Gasteiger partial charge on any atom is -0.454 e. The van der Waals surface area contributed by atoms with Gasteiger partial charge in [0.1, 0.15) is 17.5 Å². The summed E-state index contributed by atoms with van der Waals surface area (Å²) in [6.45, 7) is 3.52. The highest BCUT2D eigenvalue weighted by molar-refractivity contribution is 6.10. The standard InChI is InChI=1S/C31H30FN7O4/c32-23-16-21(38-31(42)28(30(34)41)27(29(33)40)19-4-2-1-3-5-19)7-8-25(23)43-24-10-11-36-18-22(24)20-6-9-26(37-17-20)39-14-12-35-13-15-39/h1-11,16-18,27-28,35H,12-15H2,(H2,33,40)(H2,34,41)(H,38,42)/t27-,28?/m0/s1. The molecule has 0 saturated carbocycles. The molecule has 0 aliphatic carbocycles. The number of rotatable bonds is 10. The number of halogens is 1. The number of nitrogens with one attached hydrogen (secondary N) is 2. The number of nitrogens with two attached hydrogens (primary N) is 2. The van der Waals surface area contributed by atoms with Crippen LogP contribution in [0.2, 0.25) is 0 Å². The van der Waals surface area contributed by atoms with Crippen LogP contribution >= 0.6 is 0 Å². The number of pyridine rings is 2. The summed E-state index contributed by atoms with van der Waals surface area (Å²) in [5, 5.41) is 5.77. The molecule has 43 heavy (non-hydrogen) atoms. The first-order valence-electron chi connectivity index (χ1n) is 13.6. The first-order chi connectivity index (χ1) is 20.8. The molecule has 3 heterocycles. The summed E-state index contributed by atoms with van der Waals surface area (Å²) < 4.78 is 21.1. The summed E-state index contributed by atoms with van der Waals surface area (Å²) in [7, 11) is 0. The molecular weight excluding hydrogens is 553 g/mol. The Morgan fingerprint density at radius 3 is 2.35 bits per heavy atom. The van der Waals surface area contributed by atoms with Crippen molar-refractivity contribution in [2.75, 3.05) is 36.4 Å². The molecule has 6 N–H and O–H groups in total. The molecular formula is C31H30FN7O4. The average Bonchev–Trinajstić information content (AvgIpc) is 3.02. The van der Waals surface area contributed by atoms with Crippen LogP contribution in [0.4, 0.5) is 15.9 Å². The minimum absolute atomic E-state index is 0.0278. The Morgan fingerprint density at radius 1 is 0.930 bits per heavy atom. The van der Waals surface area contributed by atoms with Gasteiger partial charge >= 0.3 is 0 Å². The second-order valence-electron chi connectivity index (χ2n) is 9.92. The number of carbonyl (C=O) groups is 3. The molecule has 2 aromatic heterocycles. The molecule has 1 fully saturated rings. The predicted octanol–water partition coefficient (Wildman–Crippen LogP) is 2.79. The zero-order valence-electron chi connectivity index (χ0n) is 23.1. The molecule has 220 valence electrons. The monoisotopic (exact) mass is 583 g/mol. The van der Waals surface area contributed by atoms with Crippen molar-refractivity contribution >= 4 is 29.2 Å². The van der Waals surface area contributed by atoms with Crippen LogP contribution in [0.3, 0.4) is 0 Å². The van der Waals surface area contributed by atoms with Gasteiger partial charge in [0.05, 0.1) is 5.92 Å². The number of hydrogen-bond acceptors (Lipinski definition) is 8. The van der Waals surface area contributed by atoms with Crippen LogP contribution < -0.4 is 31.7 Å². The van der Waals surface area contributed by atoms with Crippen LogP contribution in [0.25, 0.3) is 11.1 Å². The van der Waals surface area contributed by atoms with Gasteiger partial charge in [-0.1, -0.05) is 30.3 Å². The number of primary amides is 2. The van der Waals surface area contributed by atoms with E-state index in [1.165, 1.54) is 18.3 Å². The number of hydrogen-bond donors (Lipinski definition) is 4. The van der Waals surface area contributed by atoms with Gasteiger partial charge in [0, 0.05) is 67.7 Å². The van der Waals surface area contributed by atoms with Crippen molar-refractivity contribution in [1.82, 2.24) is 15.3 Å². The molecule has 1 aliphatic rings. The number of anilines is 2. The maximum absolute atomic E-state index is 15.2. The number of amides is 3. The lowest BCUT2D eigenvalue weighted by atomic mass is 9.84. The van der Waals surface area contributed by atoms with E-state index >= 15 is 4.39 Å². The Kier molecular flexibility index (Phi) is 8.87. The van der Waals surface area contributed by atoms with E-state index in [0.29, 0.717) is 16.9 Å².